The van der Waals surface area contributed by atoms with Crippen LogP contribution in [0.4, 0.5) is 0 Å². The maximum atomic E-state index is 11.4. The Hall–Kier alpha value is -2.37. The first-order chi connectivity index (χ1) is 11.1. The number of nitrogens with zero attached hydrogens (tertiary/aromatic N) is 3. The van der Waals surface area contributed by atoms with E-state index in [0.717, 1.165) is 11.1 Å². The normalized spacial score (nSPS) is 10.7. The second-order valence-electron chi connectivity index (χ2n) is 4.81. The molecule has 2 aromatic carbocycles. The summed E-state index contributed by atoms with van der Waals surface area (Å²) in [5.74, 6) is 0.0472. The van der Waals surface area contributed by atoms with Crippen LogP contribution in [0.1, 0.15) is 16.2 Å². The van der Waals surface area contributed by atoms with E-state index in [9.17, 15) is 4.79 Å². The van der Waals surface area contributed by atoms with Crippen molar-refractivity contribution in [3.8, 4) is 17.1 Å². The molecule has 0 unspecified atom stereocenters. The Morgan fingerprint density at radius 2 is 1.91 bits per heavy atom. The first-order valence-corrected chi connectivity index (χ1v) is 7.68. The molecule has 0 fully saturated rings. The minimum atomic E-state index is -0.688. The van der Waals surface area contributed by atoms with Crippen LogP contribution in [-0.2, 0) is 5.88 Å². The molecule has 0 aliphatic rings. The molecule has 3 rings (SSSR count). The molecule has 0 saturated carbocycles. The lowest BCUT2D eigenvalue weighted by atomic mass is 10.2. The Kier molecular flexibility index (Phi) is 4.32. The van der Waals surface area contributed by atoms with Gasteiger partial charge in [-0.2, -0.15) is 0 Å². The van der Waals surface area contributed by atoms with E-state index in [1.54, 1.807) is 22.9 Å². The molecule has 1 aromatic heterocycles. The summed E-state index contributed by atoms with van der Waals surface area (Å²) in [5, 5.41) is 4.78. The number of nitrogens with two attached hydrogens (primary N) is 1. The van der Waals surface area contributed by atoms with E-state index >= 15 is 0 Å². The maximum Gasteiger partial charge on any atom is 0.288 e. The highest BCUT2D eigenvalue weighted by Crippen LogP contribution is 2.25. The van der Waals surface area contributed by atoms with E-state index in [-0.39, 0.29) is 11.7 Å². The molecule has 5 nitrogen and oxygen atoms in total. The predicted octanol–water partition coefficient (Wildman–Crippen LogP) is 3.43. The second-order valence-corrected chi connectivity index (χ2v) is 5.48. The van der Waals surface area contributed by atoms with Gasteiger partial charge in [-0.25, -0.2) is 9.67 Å². The number of hydrogen-bond donors (Lipinski definition) is 1. The minimum Gasteiger partial charge on any atom is -0.363 e. The van der Waals surface area contributed by atoms with Crippen LogP contribution in [0, 0.1) is 0 Å². The minimum absolute atomic E-state index is 0.0498. The molecule has 0 bridgehead atoms. The van der Waals surface area contributed by atoms with Crippen molar-refractivity contribution < 1.29 is 4.79 Å². The number of amides is 1. The number of alkyl halides is 1. The van der Waals surface area contributed by atoms with Gasteiger partial charge in [-0.05, 0) is 23.8 Å². The number of primary amides is 1. The summed E-state index contributed by atoms with van der Waals surface area (Å²) in [7, 11) is 0. The smallest absolute Gasteiger partial charge is 0.288 e. The number of benzene rings is 2. The Morgan fingerprint density at radius 1 is 1.17 bits per heavy atom. The zero-order valence-electron chi connectivity index (χ0n) is 11.9. The fourth-order valence-electron chi connectivity index (χ4n) is 2.17. The van der Waals surface area contributed by atoms with Crippen molar-refractivity contribution >= 4 is 29.1 Å². The van der Waals surface area contributed by atoms with Crippen molar-refractivity contribution in [3.63, 3.8) is 0 Å². The second kappa shape index (κ2) is 6.40. The SMILES string of the molecule is NC(=O)c1nc(-c2ccccc2)n(-c2ccc(Cl)c(CCl)c2)n1. The molecule has 116 valence electrons. The van der Waals surface area contributed by atoms with E-state index in [2.05, 4.69) is 10.1 Å². The molecule has 0 radical (unpaired) electrons. The summed E-state index contributed by atoms with van der Waals surface area (Å²) in [4.78, 5) is 15.7. The van der Waals surface area contributed by atoms with Gasteiger partial charge in [0.1, 0.15) is 0 Å². The van der Waals surface area contributed by atoms with Gasteiger partial charge < -0.3 is 5.73 Å². The molecule has 23 heavy (non-hydrogen) atoms. The Labute approximate surface area is 142 Å². The third-order valence-corrected chi connectivity index (χ3v) is 3.93. The third-order valence-electron chi connectivity index (χ3n) is 3.28. The quantitative estimate of drug-likeness (QED) is 0.735. The van der Waals surface area contributed by atoms with Crippen molar-refractivity contribution in [2.45, 2.75) is 5.88 Å². The summed E-state index contributed by atoms with van der Waals surface area (Å²) in [6.07, 6.45) is 0. The molecule has 0 aliphatic carbocycles. The number of hydrogen-bond acceptors (Lipinski definition) is 3. The monoisotopic (exact) mass is 346 g/mol. The van der Waals surface area contributed by atoms with E-state index in [1.807, 2.05) is 30.3 Å². The third kappa shape index (κ3) is 3.06. The Morgan fingerprint density at radius 3 is 2.57 bits per heavy atom. The van der Waals surface area contributed by atoms with Gasteiger partial charge in [-0.1, -0.05) is 41.9 Å². The van der Waals surface area contributed by atoms with Crippen molar-refractivity contribution in [1.82, 2.24) is 14.8 Å². The van der Waals surface area contributed by atoms with E-state index in [0.29, 0.717) is 16.5 Å². The van der Waals surface area contributed by atoms with Gasteiger partial charge in [0, 0.05) is 16.5 Å². The Bertz CT molecular complexity index is 862. The molecule has 0 spiro atoms. The van der Waals surface area contributed by atoms with E-state index in [1.165, 1.54) is 0 Å². The first-order valence-electron chi connectivity index (χ1n) is 6.77. The molecule has 0 saturated heterocycles. The highest BCUT2D eigenvalue weighted by molar-refractivity contribution is 6.32. The average molecular weight is 347 g/mol. The standard InChI is InChI=1S/C16H12Cl2N4O/c17-9-11-8-12(6-7-13(11)18)22-16(10-4-2-1-3-5-10)20-15(21-22)14(19)23/h1-8H,9H2,(H2,19,23). The van der Waals surface area contributed by atoms with E-state index < -0.39 is 5.91 Å². The van der Waals surface area contributed by atoms with Crippen LogP contribution in [0.5, 0.6) is 0 Å². The number of aromatic nitrogens is 3. The van der Waals surface area contributed by atoms with Gasteiger partial charge in [-0.3, -0.25) is 4.79 Å². The van der Waals surface area contributed by atoms with Gasteiger partial charge in [0.15, 0.2) is 5.82 Å². The largest absolute Gasteiger partial charge is 0.363 e. The number of carbonyl (C=O) groups is 1. The summed E-state index contributed by atoms with van der Waals surface area (Å²) in [6.45, 7) is 0. The van der Waals surface area contributed by atoms with Crippen LogP contribution < -0.4 is 5.73 Å². The molecule has 3 aromatic rings. The fraction of sp³-hybridized carbons (Fsp3) is 0.0625. The van der Waals surface area contributed by atoms with Crippen LogP contribution in [0.3, 0.4) is 0 Å². The molecule has 0 aliphatic heterocycles. The van der Waals surface area contributed by atoms with Gasteiger partial charge in [0.2, 0.25) is 5.82 Å². The number of rotatable bonds is 4. The molecule has 7 heteroatoms. The number of halogens is 2. The average Bonchev–Trinajstić information content (AvgIpc) is 3.02. The molecular formula is C16H12Cl2N4O. The summed E-state index contributed by atoms with van der Waals surface area (Å²) in [6, 6.07) is 14.7. The highest BCUT2D eigenvalue weighted by atomic mass is 35.5. The fourth-order valence-corrected chi connectivity index (χ4v) is 2.64. The first kappa shape index (κ1) is 15.5. The van der Waals surface area contributed by atoms with Crippen LogP contribution in [0.25, 0.3) is 17.1 Å². The number of carbonyl (C=O) groups excluding carboxylic acids is 1. The lowest BCUT2D eigenvalue weighted by Gasteiger charge is -2.08. The van der Waals surface area contributed by atoms with Crippen molar-refractivity contribution in [1.29, 1.82) is 0 Å². The van der Waals surface area contributed by atoms with Crippen LogP contribution >= 0.6 is 23.2 Å². The van der Waals surface area contributed by atoms with Crippen molar-refractivity contribution in [2.24, 2.45) is 5.73 Å². The summed E-state index contributed by atoms with van der Waals surface area (Å²) < 4.78 is 1.56. The summed E-state index contributed by atoms with van der Waals surface area (Å²) in [5.41, 5.74) is 7.59. The van der Waals surface area contributed by atoms with Crippen LogP contribution in [0.15, 0.2) is 48.5 Å². The predicted molar refractivity (Wildman–Crippen MR) is 89.9 cm³/mol. The van der Waals surface area contributed by atoms with Crippen LogP contribution in [-0.4, -0.2) is 20.7 Å². The van der Waals surface area contributed by atoms with Crippen molar-refractivity contribution in [3.05, 3.63) is 64.9 Å². The van der Waals surface area contributed by atoms with E-state index in [4.69, 9.17) is 28.9 Å². The zero-order chi connectivity index (χ0) is 16.4. The van der Waals surface area contributed by atoms with Gasteiger partial charge in [-0.15, -0.1) is 16.7 Å². The molecule has 1 amide bonds. The molecule has 2 N–H and O–H groups in total. The zero-order valence-corrected chi connectivity index (χ0v) is 13.4. The lowest BCUT2D eigenvalue weighted by molar-refractivity contribution is 0.0990. The molecule has 1 heterocycles. The Balaban J connectivity index is 2.20. The van der Waals surface area contributed by atoms with Crippen LogP contribution in [0.2, 0.25) is 5.02 Å². The summed E-state index contributed by atoms with van der Waals surface area (Å²) >= 11 is 12.0. The topological polar surface area (TPSA) is 73.8 Å². The lowest BCUT2D eigenvalue weighted by Crippen LogP contribution is -2.13. The molecular weight excluding hydrogens is 335 g/mol. The van der Waals surface area contributed by atoms with Gasteiger partial charge in [0.25, 0.3) is 5.91 Å². The maximum absolute atomic E-state index is 11.4. The van der Waals surface area contributed by atoms with Gasteiger partial charge in [0.05, 0.1) is 5.69 Å². The highest BCUT2D eigenvalue weighted by Gasteiger charge is 2.17. The van der Waals surface area contributed by atoms with Gasteiger partial charge >= 0.3 is 0 Å². The molecule has 0 atom stereocenters. The van der Waals surface area contributed by atoms with Crippen molar-refractivity contribution in [2.75, 3.05) is 0 Å².